The molecule has 0 saturated heterocycles. The predicted octanol–water partition coefficient (Wildman–Crippen LogP) is 0.504. The molecule has 3 nitrogen and oxygen atoms in total. The average molecular weight is 267 g/mol. The number of nitrogens with two attached hydrogens (primary N) is 1. The van der Waals surface area contributed by atoms with E-state index in [2.05, 4.69) is 16.8 Å². The molecule has 2 N–H and O–H groups in total. The summed E-state index contributed by atoms with van der Waals surface area (Å²) >= 11 is 0. The quantitative estimate of drug-likeness (QED) is 0.325. The topological polar surface area (TPSA) is 41.6 Å². The highest BCUT2D eigenvalue weighted by Crippen LogP contribution is 1.74. The van der Waals surface area contributed by atoms with E-state index in [1.165, 1.54) is 0 Å². The van der Waals surface area contributed by atoms with Crippen molar-refractivity contribution in [3.63, 3.8) is 0 Å². The molecule has 0 aliphatic heterocycles. The van der Waals surface area contributed by atoms with Crippen LogP contribution in [0.5, 0.6) is 0 Å². The maximum absolute atomic E-state index is 5.47. The van der Waals surface area contributed by atoms with Gasteiger partial charge in [0.05, 0.1) is 0 Å². The van der Waals surface area contributed by atoms with Gasteiger partial charge in [0.25, 0.3) is 0 Å². The molecule has 0 aliphatic rings. The molecule has 0 saturated carbocycles. The van der Waals surface area contributed by atoms with Crippen LogP contribution in [0.15, 0.2) is 4.99 Å². The standard InChI is InChI=1S/C7H13N3.HI/c1-4-5-6-9-7(8)10(2)3;/h6H2,1-3H3,(H2,8,9);1H. The van der Waals surface area contributed by atoms with Crippen LogP contribution in [0, 0.1) is 11.8 Å². The minimum absolute atomic E-state index is 0. The highest BCUT2D eigenvalue weighted by atomic mass is 127. The van der Waals surface area contributed by atoms with Crippen LogP contribution in [0.4, 0.5) is 0 Å². The van der Waals surface area contributed by atoms with Crippen molar-refractivity contribution >= 4 is 29.9 Å². The van der Waals surface area contributed by atoms with Crippen molar-refractivity contribution in [2.24, 2.45) is 10.7 Å². The van der Waals surface area contributed by atoms with Crippen molar-refractivity contribution in [3.8, 4) is 11.8 Å². The third-order valence-corrected chi connectivity index (χ3v) is 0.955. The normalized spacial score (nSPS) is 9.18. The number of rotatable bonds is 1. The van der Waals surface area contributed by atoms with Gasteiger partial charge in [-0.05, 0) is 6.92 Å². The van der Waals surface area contributed by atoms with Gasteiger partial charge in [-0.2, -0.15) is 0 Å². The maximum atomic E-state index is 5.47. The number of hydrogen-bond acceptors (Lipinski definition) is 1. The molecular weight excluding hydrogens is 253 g/mol. The van der Waals surface area contributed by atoms with Crippen LogP contribution in [0.2, 0.25) is 0 Å². The lowest BCUT2D eigenvalue weighted by Crippen LogP contribution is -2.30. The molecule has 0 bridgehead atoms. The smallest absolute Gasteiger partial charge is 0.191 e. The van der Waals surface area contributed by atoms with Crippen molar-refractivity contribution in [2.45, 2.75) is 6.92 Å². The molecule has 0 heterocycles. The summed E-state index contributed by atoms with van der Waals surface area (Å²) in [6.45, 7) is 2.27. The summed E-state index contributed by atoms with van der Waals surface area (Å²) < 4.78 is 0. The lowest BCUT2D eigenvalue weighted by atomic mass is 10.6. The van der Waals surface area contributed by atoms with Crippen LogP contribution >= 0.6 is 24.0 Å². The number of hydrogen-bond donors (Lipinski definition) is 1. The number of nitrogens with zero attached hydrogens (tertiary/aromatic N) is 2. The summed E-state index contributed by atoms with van der Waals surface area (Å²) in [5, 5.41) is 0. The Labute approximate surface area is 85.1 Å². The molecule has 0 fully saturated rings. The van der Waals surface area contributed by atoms with Crippen LogP contribution < -0.4 is 5.73 Å². The zero-order valence-electron chi connectivity index (χ0n) is 7.09. The third-order valence-electron chi connectivity index (χ3n) is 0.955. The first kappa shape index (κ1) is 13.2. The van der Waals surface area contributed by atoms with E-state index in [1.54, 1.807) is 11.8 Å². The first-order valence-electron chi connectivity index (χ1n) is 3.05. The SMILES string of the molecule is CC#CCN=C(N)N(C)C.I. The molecule has 0 amide bonds. The van der Waals surface area contributed by atoms with Gasteiger partial charge in [0, 0.05) is 14.1 Å². The summed E-state index contributed by atoms with van der Waals surface area (Å²) in [5.74, 6) is 6.04. The Morgan fingerprint density at radius 3 is 2.45 bits per heavy atom. The zero-order valence-corrected chi connectivity index (χ0v) is 9.42. The van der Waals surface area contributed by atoms with Crippen LogP contribution in [0.3, 0.4) is 0 Å². The lowest BCUT2D eigenvalue weighted by molar-refractivity contribution is 0.612. The van der Waals surface area contributed by atoms with E-state index in [-0.39, 0.29) is 24.0 Å². The van der Waals surface area contributed by atoms with Gasteiger partial charge in [0.15, 0.2) is 5.96 Å². The molecular formula is C7H14IN3. The van der Waals surface area contributed by atoms with Crippen molar-refractivity contribution in [3.05, 3.63) is 0 Å². The van der Waals surface area contributed by atoms with Gasteiger partial charge in [-0.1, -0.05) is 5.92 Å². The lowest BCUT2D eigenvalue weighted by Gasteiger charge is -2.08. The highest BCUT2D eigenvalue weighted by molar-refractivity contribution is 14.0. The summed E-state index contributed by atoms with van der Waals surface area (Å²) in [6, 6.07) is 0. The van der Waals surface area contributed by atoms with Gasteiger partial charge < -0.3 is 10.6 Å². The molecule has 0 atom stereocenters. The first-order chi connectivity index (χ1) is 4.68. The maximum Gasteiger partial charge on any atom is 0.191 e. The van der Waals surface area contributed by atoms with E-state index in [0.717, 1.165) is 0 Å². The summed E-state index contributed by atoms with van der Waals surface area (Å²) in [6.07, 6.45) is 0. The molecule has 0 aromatic carbocycles. The predicted molar refractivity (Wildman–Crippen MR) is 59.0 cm³/mol. The van der Waals surface area contributed by atoms with Crippen LogP contribution in [-0.2, 0) is 0 Å². The fraction of sp³-hybridized carbons (Fsp3) is 0.571. The van der Waals surface area contributed by atoms with Crippen LogP contribution in [0.25, 0.3) is 0 Å². The Kier molecular flexibility index (Phi) is 9.18. The Hall–Kier alpha value is -0.440. The second-order valence-corrected chi connectivity index (χ2v) is 2.00. The Bertz CT molecular complexity index is 176. The molecule has 0 aromatic rings. The molecule has 4 heteroatoms. The van der Waals surface area contributed by atoms with Crippen LogP contribution in [-0.4, -0.2) is 31.5 Å². The van der Waals surface area contributed by atoms with Gasteiger partial charge >= 0.3 is 0 Å². The van der Waals surface area contributed by atoms with E-state index in [1.807, 2.05) is 14.1 Å². The first-order valence-corrected chi connectivity index (χ1v) is 3.05. The van der Waals surface area contributed by atoms with Gasteiger partial charge in [0.1, 0.15) is 6.54 Å². The van der Waals surface area contributed by atoms with E-state index >= 15 is 0 Å². The third kappa shape index (κ3) is 7.46. The van der Waals surface area contributed by atoms with E-state index < -0.39 is 0 Å². The monoisotopic (exact) mass is 267 g/mol. The van der Waals surface area contributed by atoms with Gasteiger partial charge in [-0.3, -0.25) is 0 Å². The number of aliphatic imine (C=N–C) groups is 1. The molecule has 0 spiro atoms. The largest absolute Gasteiger partial charge is 0.370 e. The molecule has 0 radical (unpaired) electrons. The van der Waals surface area contributed by atoms with Crippen molar-refractivity contribution in [1.82, 2.24) is 4.90 Å². The van der Waals surface area contributed by atoms with Gasteiger partial charge in [-0.25, -0.2) is 4.99 Å². The summed E-state index contributed by atoms with van der Waals surface area (Å²) in [4.78, 5) is 5.71. The Morgan fingerprint density at radius 2 is 2.09 bits per heavy atom. The van der Waals surface area contributed by atoms with Gasteiger partial charge in [0.2, 0.25) is 0 Å². The molecule has 0 unspecified atom stereocenters. The van der Waals surface area contributed by atoms with E-state index in [9.17, 15) is 0 Å². The molecule has 0 aromatic heterocycles. The summed E-state index contributed by atoms with van der Waals surface area (Å²) in [7, 11) is 3.69. The zero-order chi connectivity index (χ0) is 7.98. The van der Waals surface area contributed by atoms with E-state index in [0.29, 0.717) is 12.5 Å². The number of halogens is 1. The fourth-order valence-corrected chi connectivity index (χ4v) is 0.341. The van der Waals surface area contributed by atoms with Crippen molar-refractivity contribution in [2.75, 3.05) is 20.6 Å². The Balaban J connectivity index is 0. The second kappa shape index (κ2) is 7.66. The average Bonchev–Trinajstić information content (AvgIpc) is 1.88. The highest BCUT2D eigenvalue weighted by Gasteiger charge is 1.89. The van der Waals surface area contributed by atoms with Crippen molar-refractivity contribution < 1.29 is 0 Å². The Morgan fingerprint density at radius 1 is 1.55 bits per heavy atom. The molecule has 11 heavy (non-hydrogen) atoms. The summed E-state index contributed by atoms with van der Waals surface area (Å²) in [5.41, 5.74) is 5.47. The fourth-order valence-electron chi connectivity index (χ4n) is 0.341. The second-order valence-electron chi connectivity index (χ2n) is 2.00. The minimum atomic E-state index is 0. The molecule has 0 aliphatic carbocycles. The van der Waals surface area contributed by atoms with Crippen LogP contribution in [0.1, 0.15) is 6.92 Å². The minimum Gasteiger partial charge on any atom is -0.370 e. The molecule has 64 valence electrons. The van der Waals surface area contributed by atoms with Gasteiger partial charge in [-0.15, -0.1) is 29.9 Å². The molecule has 0 rings (SSSR count). The van der Waals surface area contributed by atoms with E-state index in [4.69, 9.17) is 5.73 Å². The van der Waals surface area contributed by atoms with Crippen molar-refractivity contribution in [1.29, 1.82) is 0 Å². The number of guanidine groups is 1.